The zero-order valence-corrected chi connectivity index (χ0v) is 15.9. The molecule has 0 spiro atoms. The number of likely N-dealkylation sites (tertiary alicyclic amines) is 2. The van der Waals surface area contributed by atoms with Gasteiger partial charge in [0.25, 0.3) is 0 Å². The van der Waals surface area contributed by atoms with Crippen LogP contribution in [0.1, 0.15) is 31.2 Å². The normalized spacial score (nSPS) is 23.1. The van der Waals surface area contributed by atoms with Crippen LogP contribution in [0.2, 0.25) is 0 Å². The van der Waals surface area contributed by atoms with Crippen LogP contribution in [-0.4, -0.2) is 68.6 Å². The van der Waals surface area contributed by atoms with Gasteiger partial charge in [-0.05, 0) is 51.0 Å². The van der Waals surface area contributed by atoms with Gasteiger partial charge in [0.1, 0.15) is 0 Å². The van der Waals surface area contributed by atoms with Crippen molar-refractivity contribution in [2.45, 2.75) is 44.3 Å². The van der Waals surface area contributed by atoms with Crippen molar-refractivity contribution < 1.29 is 4.79 Å². The molecule has 1 atom stereocenters. The van der Waals surface area contributed by atoms with Crippen LogP contribution < -0.4 is 10.2 Å². The molecule has 2 aliphatic rings. The zero-order valence-electron chi connectivity index (χ0n) is 15.9. The summed E-state index contributed by atoms with van der Waals surface area (Å²) in [6.45, 7) is 4.03. The van der Waals surface area contributed by atoms with Gasteiger partial charge >= 0.3 is 0 Å². The third kappa shape index (κ3) is 4.53. The smallest absolute Gasteiger partial charge is 0.222 e. The van der Waals surface area contributed by atoms with Gasteiger partial charge in [0.2, 0.25) is 5.91 Å². The highest BCUT2D eigenvalue weighted by molar-refractivity contribution is 5.76. The lowest BCUT2D eigenvalue weighted by molar-refractivity contribution is -0.132. The maximum atomic E-state index is 11.6. The molecule has 1 aromatic rings. The van der Waals surface area contributed by atoms with Gasteiger partial charge in [-0.3, -0.25) is 4.79 Å². The number of benzene rings is 1. The van der Waals surface area contributed by atoms with E-state index in [2.05, 4.69) is 53.5 Å². The van der Waals surface area contributed by atoms with Crippen molar-refractivity contribution >= 4 is 11.6 Å². The van der Waals surface area contributed by atoms with Gasteiger partial charge < -0.3 is 20.0 Å². The fourth-order valence-corrected chi connectivity index (χ4v) is 4.02. The second-order valence-electron chi connectivity index (χ2n) is 7.66. The molecule has 0 bridgehead atoms. The summed E-state index contributed by atoms with van der Waals surface area (Å²) >= 11 is 0. The molecular weight excluding hydrogens is 312 g/mol. The highest BCUT2D eigenvalue weighted by atomic mass is 16.2. The van der Waals surface area contributed by atoms with E-state index < -0.39 is 0 Å². The number of anilines is 1. The number of piperidine rings is 2. The summed E-state index contributed by atoms with van der Waals surface area (Å²) in [5.74, 6) is 0.264. The first-order chi connectivity index (χ1) is 12.0. The van der Waals surface area contributed by atoms with Crippen molar-refractivity contribution in [2.75, 3.05) is 45.7 Å². The minimum Gasteiger partial charge on any atom is -0.371 e. The number of amides is 1. The van der Waals surface area contributed by atoms with Gasteiger partial charge in [-0.25, -0.2) is 0 Å². The molecule has 25 heavy (non-hydrogen) atoms. The topological polar surface area (TPSA) is 38.8 Å². The van der Waals surface area contributed by atoms with Gasteiger partial charge in [0, 0.05) is 51.4 Å². The summed E-state index contributed by atoms with van der Waals surface area (Å²) in [5.41, 5.74) is 2.69. The molecule has 5 nitrogen and oxygen atoms in total. The lowest BCUT2D eigenvalue weighted by Gasteiger charge is -2.37. The molecule has 138 valence electrons. The van der Waals surface area contributed by atoms with Crippen LogP contribution in [-0.2, 0) is 11.3 Å². The molecule has 5 heteroatoms. The average Bonchev–Trinajstić information content (AvgIpc) is 2.63. The first-order valence-corrected chi connectivity index (χ1v) is 9.51. The predicted octanol–water partition coefficient (Wildman–Crippen LogP) is 1.93. The molecule has 2 saturated heterocycles. The first kappa shape index (κ1) is 18.2. The maximum absolute atomic E-state index is 11.6. The van der Waals surface area contributed by atoms with Crippen LogP contribution in [0.25, 0.3) is 0 Å². The van der Waals surface area contributed by atoms with Crippen molar-refractivity contribution in [3.63, 3.8) is 0 Å². The molecule has 0 saturated carbocycles. The third-order valence-electron chi connectivity index (χ3n) is 5.82. The molecule has 2 fully saturated rings. The van der Waals surface area contributed by atoms with Crippen molar-refractivity contribution in [1.82, 2.24) is 15.1 Å². The number of hydrogen-bond donors (Lipinski definition) is 1. The highest BCUT2D eigenvalue weighted by Crippen LogP contribution is 2.25. The summed E-state index contributed by atoms with van der Waals surface area (Å²) < 4.78 is 0. The number of likely N-dealkylation sites (N-methyl/N-ethyl adjacent to an activating group) is 1. The number of nitrogens with zero attached hydrogens (tertiary/aromatic N) is 3. The number of carbonyl (C=O) groups is 1. The van der Waals surface area contributed by atoms with E-state index in [4.69, 9.17) is 0 Å². The Hall–Kier alpha value is -1.59. The molecule has 0 radical (unpaired) electrons. The Morgan fingerprint density at radius 2 is 1.88 bits per heavy atom. The molecule has 1 aromatic carbocycles. The Bertz CT molecular complexity index is 583. The van der Waals surface area contributed by atoms with Crippen LogP contribution >= 0.6 is 0 Å². The minimum atomic E-state index is 0.264. The number of para-hydroxylation sites is 1. The predicted molar refractivity (Wildman–Crippen MR) is 103 cm³/mol. The molecule has 0 unspecified atom stereocenters. The fraction of sp³-hybridized carbons (Fsp3) is 0.650. The molecule has 1 amide bonds. The van der Waals surface area contributed by atoms with Crippen molar-refractivity contribution in [2.24, 2.45) is 0 Å². The molecule has 0 aliphatic carbocycles. The molecular formula is C20H32N4O. The summed E-state index contributed by atoms with van der Waals surface area (Å²) in [5, 5.41) is 3.67. The van der Waals surface area contributed by atoms with E-state index in [0.29, 0.717) is 18.5 Å². The van der Waals surface area contributed by atoms with Gasteiger partial charge in [-0.15, -0.1) is 0 Å². The van der Waals surface area contributed by atoms with Crippen molar-refractivity contribution in [1.29, 1.82) is 0 Å². The fourth-order valence-electron chi connectivity index (χ4n) is 4.02. The second-order valence-corrected chi connectivity index (χ2v) is 7.66. The molecule has 0 aromatic heterocycles. The van der Waals surface area contributed by atoms with E-state index >= 15 is 0 Å². The maximum Gasteiger partial charge on any atom is 0.222 e. The van der Waals surface area contributed by atoms with Crippen molar-refractivity contribution in [3.05, 3.63) is 29.8 Å². The second kappa shape index (κ2) is 8.19. The Kier molecular flexibility index (Phi) is 5.97. The Morgan fingerprint density at radius 1 is 1.16 bits per heavy atom. The SMILES string of the molecule is CN1CCC(N(C)c2ccccc2CN[C@@H]2CCC(=O)N(C)C2)CC1. The average molecular weight is 345 g/mol. The van der Waals surface area contributed by atoms with Gasteiger partial charge in [-0.1, -0.05) is 18.2 Å². The van der Waals surface area contributed by atoms with Crippen LogP contribution in [0, 0.1) is 0 Å². The van der Waals surface area contributed by atoms with E-state index in [0.717, 1.165) is 19.5 Å². The summed E-state index contributed by atoms with van der Waals surface area (Å²) in [4.78, 5) is 18.4. The molecule has 2 heterocycles. The minimum absolute atomic E-state index is 0.264. The zero-order chi connectivity index (χ0) is 17.8. The standard InChI is InChI=1S/C20H32N4O/c1-22-12-10-18(11-13-22)24(3)19-7-5-4-6-16(19)14-21-17-8-9-20(25)23(2)15-17/h4-7,17-18,21H,8-15H2,1-3H3/t17-/m1/s1. The summed E-state index contributed by atoms with van der Waals surface area (Å²) in [6, 6.07) is 9.74. The molecule has 3 rings (SSSR count). The van der Waals surface area contributed by atoms with Crippen LogP contribution in [0.4, 0.5) is 5.69 Å². The molecule has 1 N–H and O–H groups in total. The van der Waals surface area contributed by atoms with Crippen LogP contribution in [0.15, 0.2) is 24.3 Å². The van der Waals surface area contributed by atoms with E-state index in [-0.39, 0.29) is 5.91 Å². The lowest BCUT2D eigenvalue weighted by atomic mass is 10.0. The van der Waals surface area contributed by atoms with Gasteiger partial charge in [0.05, 0.1) is 0 Å². The number of carbonyl (C=O) groups excluding carboxylic acids is 1. The first-order valence-electron chi connectivity index (χ1n) is 9.51. The van der Waals surface area contributed by atoms with Crippen LogP contribution in [0.3, 0.4) is 0 Å². The third-order valence-corrected chi connectivity index (χ3v) is 5.82. The van der Waals surface area contributed by atoms with E-state index in [1.807, 2.05) is 11.9 Å². The Morgan fingerprint density at radius 3 is 2.60 bits per heavy atom. The summed E-state index contributed by atoms with van der Waals surface area (Å²) in [7, 11) is 6.35. The Labute approximate surface area is 152 Å². The lowest BCUT2D eigenvalue weighted by Crippen LogP contribution is -2.46. The number of rotatable bonds is 5. The van der Waals surface area contributed by atoms with Gasteiger partial charge in [0.15, 0.2) is 0 Å². The monoisotopic (exact) mass is 344 g/mol. The van der Waals surface area contributed by atoms with E-state index in [9.17, 15) is 4.79 Å². The van der Waals surface area contributed by atoms with Crippen LogP contribution in [0.5, 0.6) is 0 Å². The highest BCUT2D eigenvalue weighted by Gasteiger charge is 2.24. The number of nitrogens with one attached hydrogen (secondary N) is 1. The largest absolute Gasteiger partial charge is 0.371 e. The number of hydrogen-bond acceptors (Lipinski definition) is 4. The Balaban J connectivity index is 1.61. The van der Waals surface area contributed by atoms with Crippen molar-refractivity contribution in [3.8, 4) is 0 Å². The van der Waals surface area contributed by atoms with E-state index in [1.54, 1.807) is 0 Å². The van der Waals surface area contributed by atoms with Gasteiger partial charge in [-0.2, -0.15) is 0 Å². The summed E-state index contributed by atoms with van der Waals surface area (Å²) in [6.07, 6.45) is 4.05. The quantitative estimate of drug-likeness (QED) is 0.886. The van der Waals surface area contributed by atoms with E-state index in [1.165, 1.54) is 37.2 Å². The molecule has 2 aliphatic heterocycles.